The van der Waals surface area contributed by atoms with Crippen LogP contribution in [0.2, 0.25) is 0 Å². The van der Waals surface area contributed by atoms with Gasteiger partial charge in [-0.15, -0.1) is 0 Å². The van der Waals surface area contributed by atoms with Crippen molar-refractivity contribution in [3.8, 4) is 0 Å². The van der Waals surface area contributed by atoms with E-state index in [0.717, 1.165) is 11.3 Å². The summed E-state index contributed by atoms with van der Waals surface area (Å²) in [5.74, 6) is -1.93. The number of rotatable bonds is 8. The number of esters is 1. The fourth-order valence-corrected chi connectivity index (χ4v) is 5.51. The molecule has 0 aliphatic carbocycles. The Morgan fingerprint density at radius 2 is 1.87 bits per heavy atom. The number of benzene rings is 2. The second kappa shape index (κ2) is 9.97. The molecule has 7 nitrogen and oxygen atoms in total. The van der Waals surface area contributed by atoms with E-state index in [2.05, 4.69) is 9.73 Å². The summed E-state index contributed by atoms with van der Waals surface area (Å²) >= 11 is 1.07. The number of carbonyl (C=O) groups excluding carboxylic acids is 2. The van der Waals surface area contributed by atoms with Gasteiger partial charge in [-0.25, -0.2) is 12.8 Å². The van der Waals surface area contributed by atoms with Crippen molar-refractivity contribution in [1.29, 1.82) is 0 Å². The number of hydrogen-bond acceptors (Lipinski definition) is 6. The first-order chi connectivity index (χ1) is 14.8. The molecule has 1 amide bonds. The highest BCUT2D eigenvalue weighted by atomic mass is 32.2. The first-order valence-corrected chi connectivity index (χ1v) is 12.1. The number of methoxy groups -OCH3 is 1. The molecular weight excluding hydrogens is 443 g/mol. The van der Waals surface area contributed by atoms with E-state index in [1.165, 1.54) is 23.8 Å². The van der Waals surface area contributed by atoms with E-state index < -0.39 is 27.5 Å². The fraction of sp³-hybridized carbons (Fsp3) is 0.286. The molecule has 0 radical (unpaired) electrons. The van der Waals surface area contributed by atoms with Crippen molar-refractivity contribution in [2.45, 2.75) is 25.1 Å². The van der Waals surface area contributed by atoms with Crippen LogP contribution in [0.3, 0.4) is 0 Å². The SMILES string of the molecule is COC(=O)Cn1c(=NC(=O)CCCS(=O)(=O)Cc2ccccc2)sc2cccc(F)c21. The molecule has 1 aromatic heterocycles. The summed E-state index contributed by atoms with van der Waals surface area (Å²) in [5.41, 5.74) is 0.851. The molecule has 164 valence electrons. The summed E-state index contributed by atoms with van der Waals surface area (Å²) in [5, 5.41) is 0. The van der Waals surface area contributed by atoms with E-state index in [4.69, 9.17) is 0 Å². The van der Waals surface area contributed by atoms with Crippen LogP contribution in [-0.2, 0) is 36.5 Å². The Kier molecular flexibility index (Phi) is 7.34. The molecule has 0 fully saturated rings. The minimum absolute atomic E-state index is 0.0804. The number of thiazole rings is 1. The molecule has 3 aromatic rings. The van der Waals surface area contributed by atoms with Gasteiger partial charge in [-0.1, -0.05) is 47.7 Å². The maximum atomic E-state index is 14.3. The minimum atomic E-state index is -3.36. The van der Waals surface area contributed by atoms with Gasteiger partial charge in [-0.3, -0.25) is 9.59 Å². The second-order valence-corrected chi connectivity index (χ2v) is 10.0. The van der Waals surface area contributed by atoms with E-state index in [0.29, 0.717) is 10.3 Å². The number of para-hydroxylation sites is 1. The number of sulfone groups is 1. The normalized spacial score (nSPS) is 12.3. The summed E-state index contributed by atoms with van der Waals surface area (Å²) < 4.78 is 45.3. The molecular formula is C21H21FN2O5S2. The van der Waals surface area contributed by atoms with E-state index in [1.54, 1.807) is 30.3 Å². The molecule has 0 atom stereocenters. The Balaban J connectivity index is 1.74. The van der Waals surface area contributed by atoms with Gasteiger partial charge in [-0.05, 0) is 24.1 Å². The van der Waals surface area contributed by atoms with E-state index in [9.17, 15) is 22.4 Å². The Hall–Kier alpha value is -2.85. The third kappa shape index (κ3) is 6.08. The Morgan fingerprint density at radius 3 is 2.58 bits per heavy atom. The van der Waals surface area contributed by atoms with Crippen molar-refractivity contribution in [1.82, 2.24) is 4.57 Å². The van der Waals surface area contributed by atoms with Gasteiger partial charge >= 0.3 is 5.97 Å². The highest BCUT2D eigenvalue weighted by molar-refractivity contribution is 7.90. The Bertz CT molecular complexity index is 1260. The molecule has 0 bridgehead atoms. The van der Waals surface area contributed by atoms with Crippen LogP contribution in [0.15, 0.2) is 53.5 Å². The number of carbonyl (C=O) groups is 2. The topological polar surface area (TPSA) is 94.8 Å². The van der Waals surface area contributed by atoms with Gasteiger partial charge in [0.2, 0.25) is 5.91 Å². The number of halogens is 1. The van der Waals surface area contributed by atoms with Crippen molar-refractivity contribution in [3.63, 3.8) is 0 Å². The van der Waals surface area contributed by atoms with Crippen molar-refractivity contribution >= 4 is 43.3 Å². The monoisotopic (exact) mass is 464 g/mol. The lowest BCUT2D eigenvalue weighted by Crippen LogP contribution is -2.23. The van der Waals surface area contributed by atoms with E-state index in [-0.39, 0.29) is 41.2 Å². The van der Waals surface area contributed by atoms with Crippen LogP contribution in [-0.4, -0.2) is 37.7 Å². The molecule has 1 heterocycles. The lowest BCUT2D eigenvalue weighted by molar-refractivity contribution is -0.141. The highest BCUT2D eigenvalue weighted by Gasteiger charge is 2.16. The Morgan fingerprint density at radius 1 is 1.13 bits per heavy atom. The average molecular weight is 465 g/mol. The van der Waals surface area contributed by atoms with Gasteiger partial charge in [0.25, 0.3) is 0 Å². The Labute approximate surface area is 182 Å². The lowest BCUT2D eigenvalue weighted by Gasteiger charge is -2.05. The first-order valence-electron chi connectivity index (χ1n) is 9.45. The molecule has 0 saturated heterocycles. The molecule has 0 aliphatic heterocycles. The maximum Gasteiger partial charge on any atom is 0.325 e. The summed E-state index contributed by atoms with van der Waals surface area (Å²) in [6, 6.07) is 13.3. The minimum Gasteiger partial charge on any atom is -0.468 e. The fourth-order valence-electron chi connectivity index (χ4n) is 3.02. The quantitative estimate of drug-likeness (QED) is 0.478. The highest BCUT2D eigenvalue weighted by Crippen LogP contribution is 2.20. The number of nitrogens with zero attached hydrogens (tertiary/aromatic N) is 2. The molecule has 0 N–H and O–H groups in total. The number of aromatic nitrogens is 1. The van der Waals surface area contributed by atoms with Crippen LogP contribution >= 0.6 is 11.3 Å². The molecule has 0 aliphatic rings. The van der Waals surface area contributed by atoms with Crippen LogP contribution < -0.4 is 4.80 Å². The van der Waals surface area contributed by atoms with Gasteiger partial charge in [0.15, 0.2) is 14.6 Å². The number of fused-ring (bicyclic) bond motifs is 1. The van der Waals surface area contributed by atoms with Gasteiger partial charge in [0, 0.05) is 6.42 Å². The van der Waals surface area contributed by atoms with E-state index >= 15 is 0 Å². The lowest BCUT2D eigenvalue weighted by atomic mass is 10.2. The zero-order valence-electron chi connectivity index (χ0n) is 16.8. The summed E-state index contributed by atoms with van der Waals surface area (Å²) in [7, 11) is -2.15. The number of amides is 1. The second-order valence-electron chi connectivity index (χ2n) is 6.82. The van der Waals surface area contributed by atoms with Crippen LogP contribution in [0.1, 0.15) is 18.4 Å². The van der Waals surface area contributed by atoms with Gasteiger partial charge in [-0.2, -0.15) is 4.99 Å². The van der Waals surface area contributed by atoms with Crippen molar-refractivity contribution in [2.75, 3.05) is 12.9 Å². The summed E-state index contributed by atoms with van der Waals surface area (Å²) in [6.07, 6.45) is 0.0384. The predicted molar refractivity (Wildman–Crippen MR) is 116 cm³/mol. The molecule has 10 heteroatoms. The predicted octanol–water partition coefficient (Wildman–Crippen LogP) is 2.84. The molecule has 2 aromatic carbocycles. The van der Waals surface area contributed by atoms with Crippen LogP contribution in [0, 0.1) is 5.82 Å². The van der Waals surface area contributed by atoms with Crippen molar-refractivity contribution in [3.05, 3.63) is 64.7 Å². The number of hydrogen-bond donors (Lipinski definition) is 0. The van der Waals surface area contributed by atoms with Gasteiger partial charge in [0.1, 0.15) is 12.4 Å². The summed E-state index contributed by atoms with van der Waals surface area (Å²) in [6.45, 7) is -0.297. The van der Waals surface area contributed by atoms with Gasteiger partial charge in [0.05, 0.1) is 28.8 Å². The van der Waals surface area contributed by atoms with Crippen molar-refractivity contribution in [2.24, 2.45) is 4.99 Å². The standard InChI is InChI=1S/C21H21FN2O5S2/c1-29-19(26)13-24-20-16(22)9-5-10-17(20)30-21(24)23-18(25)11-6-12-31(27,28)14-15-7-3-2-4-8-15/h2-5,7-10H,6,11-14H2,1H3. The molecule has 0 spiro atoms. The molecule has 0 saturated carbocycles. The third-order valence-corrected chi connectivity index (χ3v) is 7.19. The van der Waals surface area contributed by atoms with Crippen LogP contribution in [0.25, 0.3) is 10.2 Å². The zero-order chi connectivity index (χ0) is 22.4. The van der Waals surface area contributed by atoms with E-state index in [1.807, 2.05) is 6.07 Å². The zero-order valence-corrected chi connectivity index (χ0v) is 18.4. The molecule has 0 unspecified atom stereocenters. The molecule has 3 rings (SSSR count). The maximum absolute atomic E-state index is 14.3. The van der Waals surface area contributed by atoms with Crippen LogP contribution in [0.4, 0.5) is 4.39 Å². The van der Waals surface area contributed by atoms with Crippen LogP contribution in [0.5, 0.6) is 0 Å². The van der Waals surface area contributed by atoms with Crippen molar-refractivity contribution < 1.29 is 27.1 Å². The molecule has 31 heavy (non-hydrogen) atoms. The summed E-state index contributed by atoms with van der Waals surface area (Å²) in [4.78, 5) is 28.3. The van der Waals surface area contributed by atoms with Gasteiger partial charge < -0.3 is 9.30 Å². The third-order valence-electron chi connectivity index (χ3n) is 4.46. The first kappa shape index (κ1) is 22.8. The average Bonchev–Trinajstić information content (AvgIpc) is 3.06. The smallest absolute Gasteiger partial charge is 0.325 e. The number of ether oxygens (including phenoxy) is 1. The largest absolute Gasteiger partial charge is 0.468 e.